The van der Waals surface area contributed by atoms with Crippen molar-refractivity contribution in [2.24, 2.45) is 0 Å². The molecule has 0 saturated carbocycles. The lowest BCUT2D eigenvalue weighted by Crippen LogP contribution is -2.19. The number of ketones is 2. The second-order valence-electron chi connectivity index (χ2n) is 5.18. The zero-order valence-corrected chi connectivity index (χ0v) is 15.7. The monoisotopic (exact) mass is 406 g/mol. The van der Waals surface area contributed by atoms with Crippen LogP contribution in [0.2, 0.25) is 5.02 Å². The molecular weight excluding hydrogens is 394 g/mol. The standard InChI is InChI=1S/C16H14Cl4N2O2/c1-21-7-10-3-2-9(4-12(10)17)5-14(23)11-6-13(22-8-11)15(24)16(18,19)20/h2-4,6,8,21-22H,5,7H2,1H3. The molecule has 1 heterocycles. The predicted molar refractivity (Wildman–Crippen MR) is 97.7 cm³/mol. The van der Waals surface area contributed by atoms with Gasteiger partial charge in [-0.3, -0.25) is 9.59 Å². The first-order chi connectivity index (χ1) is 11.2. The van der Waals surface area contributed by atoms with E-state index in [0.29, 0.717) is 17.1 Å². The highest BCUT2D eigenvalue weighted by Crippen LogP contribution is 2.30. The van der Waals surface area contributed by atoms with Crippen LogP contribution in [0.25, 0.3) is 0 Å². The Balaban J connectivity index is 2.12. The van der Waals surface area contributed by atoms with Crippen molar-refractivity contribution in [3.05, 3.63) is 57.9 Å². The highest BCUT2D eigenvalue weighted by atomic mass is 35.6. The highest BCUT2D eigenvalue weighted by Gasteiger charge is 2.33. The smallest absolute Gasteiger partial charge is 0.254 e. The normalized spacial score (nSPS) is 11.5. The average molecular weight is 408 g/mol. The van der Waals surface area contributed by atoms with E-state index in [9.17, 15) is 9.59 Å². The Hall–Kier alpha value is -1.04. The van der Waals surface area contributed by atoms with Gasteiger partial charge in [-0.15, -0.1) is 0 Å². The van der Waals surface area contributed by atoms with E-state index in [1.54, 1.807) is 6.07 Å². The molecule has 0 fully saturated rings. The lowest BCUT2D eigenvalue weighted by molar-refractivity contribution is 0.0988. The third kappa shape index (κ3) is 4.74. The number of hydrogen-bond acceptors (Lipinski definition) is 3. The third-order valence-corrected chi connectivity index (χ3v) is 4.22. The van der Waals surface area contributed by atoms with E-state index in [2.05, 4.69) is 10.3 Å². The SMILES string of the molecule is CNCc1ccc(CC(=O)c2c[nH]c(C(=O)C(Cl)(Cl)Cl)c2)cc1Cl. The topological polar surface area (TPSA) is 62.0 Å². The van der Waals surface area contributed by atoms with Crippen molar-refractivity contribution >= 4 is 58.0 Å². The van der Waals surface area contributed by atoms with Gasteiger partial charge in [0.2, 0.25) is 5.78 Å². The van der Waals surface area contributed by atoms with E-state index in [1.807, 2.05) is 19.2 Å². The summed E-state index contributed by atoms with van der Waals surface area (Å²) >= 11 is 22.8. The Bertz CT molecular complexity index is 766. The summed E-state index contributed by atoms with van der Waals surface area (Å²) in [6.45, 7) is 0.646. The number of carbonyl (C=O) groups is 2. The summed E-state index contributed by atoms with van der Waals surface area (Å²) in [6, 6.07) is 6.85. The van der Waals surface area contributed by atoms with Crippen molar-refractivity contribution < 1.29 is 9.59 Å². The van der Waals surface area contributed by atoms with Gasteiger partial charge in [0.05, 0.1) is 5.69 Å². The Kier molecular flexibility index (Phi) is 6.34. The van der Waals surface area contributed by atoms with E-state index in [4.69, 9.17) is 46.4 Å². The van der Waals surface area contributed by atoms with Crippen molar-refractivity contribution in [2.75, 3.05) is 7.05 Å². The summed E-state index contributed by atoms with van der Waals surface area (Å²) in [7, 11) is 1.83. The Morgan fingerprint density at radius 3 is 2.50 bits per heavy atom. The van der Waals surface area contributed by atoms with E-state index in [-0.39, 0.29) is 17.9 Å². The van der Waals surface area contributed by atoms with Crippen LogP contribution in [0.15, 0.2) is 30.5 Å². The molecule has 0 bridgehead atoms. The Labute approximate surface area is 159 Å². The third-order valence-electron chi connectivity index (χ3n) is 3.36. The summed E-state index contributed by atoms with van der Waals surface area (Å²) in [5.74, 6) is -0.891. The number of alkyl halides is 3. The van der Waals surface area contributed by atoms with Gasteiger partial charge in [0, 0.05) is 29.7 Å². The number of rotatable bonds is 6. The molecule has 0 atom stereocenters. The fraction of sp³-hybridized carbons (Fsp3) is 0.250. The van der Waals surface area contributed by atoms with Crippen LogP contribution in [-0.4, -0.2) is 27.4 Å². The van der Waals surface area contributed by atoms with E-state index in [1.165, 1.54) is 12.3 Å². The quantitative estimate of drug-likeness (QED) is 0.552. The number of aromatic nitrogens is 1. The summed E-state index contributed by atoms with van der Waals surface area (Å²) in [5, 5.41) is 3.61. The lowest BCUT2D eigenvalue weighted by atomic mass is 10.0. The van der Waals surface area contributed by atoms with Gasteiger partial charge in [-0.2, -0.15) is 0 Å². The number of H-pyrrole nitrogens is 1. The van der Waals surface area contributed by atoms with Crippen LogP contribution in [0, 0.1) is 0 Å². The van der Waals surface area contributed by atoms with Gasteiger partial charge in [0.25, 0.3) is 3.79 Å². The molecule has 1 aromatic heterocycles. The van der Waals surface area contributed by atoms with Gasteiger partial charge in [-0.05, 0) is 30.3 Å². The molecule has 2 rings (SSSR count). The minimum Gasteiger partial charge on any atom is -0.358 e. The molecule has 0 spiro atoms. The maximum Gasteiger partial charge on any atom is 0.254 e. The molecule has 128 valence electrons. The van der Waals surface area contributed by atoms with Crippen LogP contribution in [0.3, 0.4) is 0 Å². The largest absolute Gasteiger partial charge is 0.358 e. The molecule has 0 aliphatic carbocycles. The van der Waals surface area contributed by atoms with Crippen LogP contribution in [0.4, 0.5) is 0 Å². The number of aromatic amines is 1. The molecule has 0 unspecified atom stereocenters. The van der Waals surface area contributed by atoms with Crippen molar-refractivity contribution in [3.8, 4) is 0 Å². The maximum absolute atomic E-state index is 12.3. The summed E-state index contributed by atoms with van der Waals surface area (Å²) in [5.41, 5.74) is 2.14. The van der Waals surface area contributed by atoms with Gasteiger partial charge in [0.15, 0.2) is 5.78 Å². The first-order valence-electron chi connectivity index (χ1n) is 6.97. The highest BCUT2D eigenvalue weighted by molar-refractivity contribution is 6.77. The van der Waals surface area contributed by atoms with Crippen LogP contribution in [-0.2, 0) is 13.0 Å². The number of Topliss-reactive ketones (excluding diaryl/α,β-unsaturated/α-hetero) is 2. The van der Waals surface area contributed by atoms with E-state index < -0.39 is 9.58 Å². The summed E-state index contributed by atoms with van der Waals surface area (Å²) in [4.78, 5) is 26.8. The van der Waals surface area contributed by atoms with Gasteiger partial charge in [-0.25, -0.2) is 0 Å². The minimum atomic E-state index is -2.07. The molecule has 0 saturated heterocycles. The van der Waals surface area contributed by atoms with Crippen LogP contribution in [0.5, 0.6) is 0 Å². The Morgan fingerprint density at radius 1 is 1.21 bits per heavy atom. The molecule has 8 heteroatoms. The van der Waals surface area contributed by atoms with Gasteiger partial charge in [-0.1, -0.05) is 58.5 Å². The lowest BCUT2D eigenvalue weighted by Gasteiger charge is -2.07. The van der Waals surface area contributed by atoms with Crippen LogP contribution in [0.1, 0.15) is 32.0 Å². The zero-order chi connectivity index (χ0) is 17.9. The molecule has 0 radical (unpaired) electrons. The first-order valence-corrected chi connectivity index (χ1v) is 8.48. The average Bonchev–Trinajstić information content (AvgIpc) is 2.98. The van der Waals surface area contributed by atoms with Crippen LogP contribution >= 0.6 is 46.4 Å². The van der Waals surface area contributed by atoms with Crippen LogP contribution < -0.4 is 5.32 Å². The minimum absolute atomic E-state index is 0.0701. The first kappa shape index (κ1) is 19.3. The second-order valence-corrected chi connectivity index (χ2v) is 7.87. The number of carbonyl (C=O) groups excluding carboxylic acids is 2. The van der Waals surface area contributed by atoms with Gasteiger partial charge in [0.1, 0.15) is 0 Å². The van der Waals surface area contributed by atoms with Crippen molar-refractivity contribution in [2.45, 2.75) is 16.8 Å². The number of benzene rings is 1. The fourth-order valence-electron chi connectivity index (χ4n) is 2.16. The zero-order valence-electron chi connectivity index (χ0n) is 12.6. The fourth-order valence-corrected chi connectivity index (χ4v) is 2.74. The number of nitrogens with one attached hydrogen (secondary N) is 2. The summed E-state index contributed by atoms with van der Waals surface area (Å²) < 4.78 is -2.07. The molecule has 1 aromatic carbocycles. The molecule has 0 aliphatic rings. The van der Waals surface area contributed by atoms with Crippen molar-refractivity contribution in [1.29, 1.82) is 0 Å². The number of halogens is 4. The van der Waals surface area contributed by atoms with Crippen molar-refractivity contribution in [3.63, 3.8) is 0 Å². The second kappa shape index (κ2) is 7.89. The van der Waals surface area contributed by atoms with Crippen molar-refractivity contribution in [1.82, 2.24) is 10.3 Å². The molecule has 0 amide bonds. The van der Waals surface area contributed by atoms with Gasteiger partial charge < -0.3 is 10.3 Å². The van der Waals surface area contributed by atoms with E-state index >= 15 is 0 Å². The maximum atomic E-state index is 12.3. The molecule has 2 N–H and O–H groups in total. The Morgan fingerprint density at radius 2 is 1.92 bits per heavy atom. The predicted octanol–water partition coefficient (Wildman–Crippen LogP) is 4.37. The molecule has 2 aromatic rings. The molecule has 4 nitrogen and oxygen atoms in total. The number of hydrogen-bond donors (Lipinski definition) is 2. The van der Waals surface area contributed by atoms with Gasteiger partial charge >= 0.3 is 0 Å². The van der Waals surface area contributed by atoms with E-state index in [0.717, 1.165) is 11.1 Å². The molecule has 0 aliphatic heterocycles. The molecular formula is C16H14Cl4N2O2. The summed E-state index contributed by atoms with van der Waals surface area (Å²) in [6.07, 6.45) is 1.57. The molecule has 24 heavy (non-hydrogen) atoms.